The summed E-state index contributed by atoms with van der Waals surface area (Å²) >= 11 is 0. The van der Waals surface area contributed by atoms with Gasteiger partial charge in [-0.25, -0.2) is 0 Å². The first-order valence-corrected chi connectivity index (χ1v) is 6.34. The fraction of sp³-hybridized carbons (Fsp3) is 0.467. The van der Waals surface area contributed by atoms with E-state index in [-0.39, 0.29) is 5.60 Å². The minimum atomic E-state index is -0.916. The molecule has 0 spiro atoms. The first-order chi connectivity index (χ1) is 8.49. The normalized spacial score (nSPS) is 27.5. The van der Waals surface area contributed by atoms with Crippen LogP contribution in [0.15, 0.2) is 34.7 Å². The largest absolute Gasteiger partial charge is 0.458 e. The van der Waals surface area contributed by atoms with Crippen molar-refractivity contribution in [3.8, 4) is 0 Å². The summed E-state index contributed by atoms with van der Waals surface area (Å²) in [5.41, 5.74) is -0.405. The molecule has 1 atom stereocenters. The standard InChI is InChI=1S/C15H18O3/c1-14(2)10-15(16,7-8-17-14)13-9-11-5-3-4-6-12(11)18-13/h3-6,9,16H,7-8,10H2,1-2H3. The molecule has 1 unspecified atom stereocenters. The Morgan fingerprint density at radius 1 is 1.22 bits per heavy atom. The van der Waals surface area contributed by atoms with Gasteiger partial charge < -0.3 is 14.3 Å². The molecule has 1 aliphatic heterocycles. The topological polar surface area (TPSA) is 42.6 Å². The number of rotatable bonds is 1. The number of hydrogen-bond acceptors (Lipinski definition) is 3. The Bertz CT molecular complexity index is 537. The monoisotopic (exact) mass is 246 g/mol. The average molecular weight is 246 g/mol. The minimum absolute atomic E-state index is 0.314. The van der Waals surface area contributed by atoms with E-state index >= 15 is 0 Å². The molecule has 3 nitrogen and oxygen atoms in total. The van der Waals surface area contributed by atoms with Crippen molar-refractivity contribution in [2.75, 3.05) is 6.61 Å². The first kappa shape index (κ1) is 11.8. The maximum Gasteiger partial charge on any atom is 0.137 e. The highest BCUT2D eigenvalue weighted by molar-refractivity contribution is 5.77. The van der Waals surface area contributed by atoms with Crippen LogP contribution in [0.3, 0.4) is 0 Å². The molecule has 1 fully saturated rings. The third-order valence-corrected chi connectivity index (χ3v) is 3.61. The van der Waals surface area contributed by atoms with Gasteiger partial charge in [0.1, 0.15) is 16.9 Å². The molecule has 2 heterocycles. The molecule has 0 saturated carbocycles. The van der Waals surface area contributed by atoms with Gasteiger partial charge in [0.25, 0.3) is 0 Å². The van der Waals surface area contributed by atoms with Crippen LogP contribution >= 0.6 is 0 Å². The summed E-state index contributed by atoms with van der Waals surface area (Å²) in [5.74, 6) is 0.653. The fourth-order valence-electron chi connectivity index (χ4n) is 2.76. The number of para-hydroxylation sites is 1. The lowest BCUT2D eigenvalue weighted by Gasteiger charge is -2.40. The van der Waals surface area contributed by atoms with Crippen molar-refractivity contribution < 1.29 is 14.3 Å². The average Bonchev–Trinajstić information content (AvgIpc) is 2.71. The Morgan fingerprint density at radius 3 is 2.72 bits per heavy atom. The Balaban J connectivity index is 2.02. The number of ether oxygens (including phenoxy) is 1. The van der Waals surface area contributed by atoms with Gasteiger partial charge in [-0.1, -0.05) is 18.2 Å². The predicted molar refractivity (Wildman–Crippen MR) is 69.4 cm³/mol. The van der Waals surface area contributed by atoms with Crippen LogP contribution in [-0.2, 0) is 10.3 Å². The number of fused-ring (bicyclic) bond motifs is 1. The van der Waals surface area contributed by atoms with Crippen molar-refractivity contribution in [1.82, 2.24) is 0 Å². The second-order valence-electron chi connectivity index (χ2n) is 5.71. The van der Waals surface area contributed by atoms with Crippen molar-refractivity contribution >= 4 is 11.0 Å². The van der Waals surface area contributed by atoms with Crippen LogP contribution in [0.5, 0.6) is 0 Å². The molecule has 96 valence electrons. The summed E-state index contributed by atoms with van der Waals surface area (Å²) in [6.07, 6.45) is 1.13. The summed E-state index contributed by atoms with van der Waals surface area (Å²) < 4.78 is 11.5. The summed E-state index contributed by atoms with van der Waals surface area (Å²) in [6.45, 7) is 4.56. The van der Waals surface area contributed by atoms with E-state index in [9.17, 15) is 5.11 Å². The van der Waals surface area contributed by atoms with Crippen LogP contribution in [0.25, 0.3) is 11.0 Å². The maximum atomic E-state index is 10.8. The van der Waals surface area contributed by atoms with Gasteiger partial charge in [0.05, 0.1) is 12.2 Å². The second-order valence-corrected chi connectivity index (χ2v) is 5.71. The van der Waals surface area contributed by atoms with E-state index in [1.807, 2.05) is 44.2 Å². The van der Waals surface area contributed by atoms with Gasteiger partial charge in [0, 0.05) is 18.2 Å². The molecule has 1 aliphatic rings. The van der Waals surface area contributed by atoms with E-state index in [0.29, 0.717) is 25.2 Å². The molecular formula is C15H18O3. The molecule has 1 aromatic heterocycles. The molecule has 0 amide bonds. The lowest BCUT2D eigenvalue weighted by atomic mass is 9.82. The van der Waals surface area contributed by atoms with E-state index in [1.165, 1.54) is 0 Å². The molecule has 3 rings (SSSR count). The highest BCUT2D eigenvalue weighted by atomic mass is 16.5. The number of hydrogen-bond donors (Lipinski definition) is 1. The lowest BCUT2D eigenvalue weighted by Crippen LogP contribution is -2.43. The smallest absolute Gasteiger partial charge is 0.137 e. The van der Waals surface area contributed by atoms with Crippen LogP contribution < -0.4 is 0 Å². The zero-order valence-corrected chi connectivity index (χ0v) is 10.8. The highest BCUT2D eigenvalue weighted by Crippen LogP contribution is 2.41. The summed E-state index contributed by atoms with van der Waals surface area (Å²) in [5, 5.41) is 11.8. The summed E-state index contributed by atoms with van der Waals surface area (Å²) in [6, 6.07) is 9.77. The zero-order valence-electron chi connectivity index (χ0n) is 10.8. The Kier molecular flexibility index (Phi) is 2.50. The first-order valence-electron chi connectivity index (χ1n) is 6.34. The molecule has 18 heavy (non-hydrogen) atoms. The molecule has 0 radical (unpaired) electrons. The van der Waals surface area contributed by atoms with Crippen molar-refractivity contribution in [3.05, 3.63) is 36.1 Å². The minimum Gasteiger partial charge on any atom is -0.458 e. The number of aliphatic hydroxyl groups is 1. The molecule has 1 N–H and O–H groups in total. The van der Waals surface area contributed by atoms with Gasteiger partial charge in [0.2, 0.25) is 0 Å². The molecule has 0 aliphatic carbocycles. The Hall–Kier alpha value is -1.32. The molecule has 0 bridgehead atoms. The van der Waals surface area contributed by atoms with Gasteiger partial charge in [-0.2, -0.15) is 0 Å². The van der Waals surface area contributed by atoms with Crippen molar-refractivity contribution in [2.24, 2.45) is 0 Å². The van der Waals surface area contributed by atoms with Gasteiger partial charge in [-0.05, 0) is 26.0 Å². The van der Waals surface area contributed by atoms with E-state index < -0.39 is 5.60 Å². The lowest BCUT2D eigenvalue weighted by molar-refractivity contribution is -0.154. The highest BCUT2D eigenvalue weighted by Gasteiger charge is 2.42. The van der Waals surface area contributed by atoms with Gasteiger partial charge in [0.15, 0.2) is 0 Å². The Labute approximate surface area is 106 Å². The summed E-state index contributed by atoms with van der Waals surface area (Å²) in [7, 11) is 0. The van der Waals surface area contributed by atoms with E-state index in [1.54, 1.807) is 0 Å². The van der Waals surface area contributed by atoms with Gasteiger partial charge >= 0.3 is 0 Å². The SMILES string of the molecule is CC1(C)CC(O)(c2cc3ccccc3o2)CCO1. The van der Waals surface area contributed by atoms with Crippen molar-refractivity contribution in [1.29, 1.82) is 0 Å². The molecule has 1 saturated heterocycles. The molecule has 1 aromatic carbocycles. The van der Waals surface area contributed by atoms with Crippen LogP contribution in [0, 0.1) is 0 Å². The quantitative estimate of drug-likeness (QED) is 0.840. The van der Waals surface area contributed by atoms with Gasteiger partial charge in [-0.15, -0.1) is 0 Å². The van der Waals surface area contributed by atoms with E-state index in [0.717, 1.165) is 11.0 Å². The van der Waals surface area contributed by atoms with Gasteiger partial charge in [-0.3, -0.25) is 0 Å². The van der Waals surface area contributed by atoms with Crippen molar-refractivity contribution in [2.45, 2.75) is 37.9 Å². The molecular weight excluding hydrogens is 228 g/mol. The number of benzene rings is 1. The van der Waals surface area contributed by atoms with Crippen LogP contribution in [0.2, 0.25) is 0 Å². The van der Waals surface area contributed by atoms with Crippen molar-refractivity contribution in [3.63, 3.8) is 0 Å². The maximum absolute atomic E-state index is 10.8. The van der Waals surface area contributed by atoms with Crippen LogP contribution in [0.4, 0.5) is 0 Å². The second kappa shape index (κ2) is 3.84. The Morgan fingerprint density at radius 2 is 2.00 bits per heavy atom. The third kappa shape index (κ3) is 1.93. The predicted octanol–water partition coefficient (Wildman–Crippen LogP) is 3.21. The summed E-state index contributed by atoms with van der Waals surface area (Å²) in [4.78, 5) is 0. The fourth-order valence-corrected chi connectivity index (χ4v) is 2.76. The third-order valence-electron chi connectivity index (χ3n) is 3.61. The zero-order chi connectivity index (χ0) is 12.8. The molecule has 2 aromatic rings. The van der Waals surface area contributed by atoms with Crippen LogP contribution in [-0.4, -0.2) is 17.3 Å². The number of furan rings is 1. The van der Waals surface area contributed by atoms with E-state index in [4.69, 9.17) is 9.15 Å². The van der Waals surface area contributed by atoms with E-state index in [2.05, 4.69) is 0 Å². The molecule has 3 heteroatoms. The van der Waals surface area contributed by atoms with Crippen LogP contribution in [0.1, 0.15) is 32.4 Å².